The van der Waals surface area contributed by atoms with Crippen molar-refractivity contribution in [1.82, 2.24) is 10.2 Å². The van der Waals surface area contributed by atoms with Gasteiger partial charge in [0.15, 0.2) is 0 Å². The first kappa shape index (κ1) is 14.8. The van der Waals surface area contributed by atoms with E-state index in [1.54, 1.807) is 0 Å². The van der Waals surface area contributed by atoms with Crippen LogP contribution < -0.4 is 5.32 Å². The first-order chi connectivity index (χ1) is 8.67. The van der Waals surface area contributed by atoms with E-state index >= 15 is 0 Å². The Bertz CT molecular complexity index is 438. The fourth-order valence-corrected chi connectivity index (χ4v) is 3.47. The smallest absolute Gasteiger partial charge is 0.0234 e. The normalized spacial score (nSPS) is 26.8. The molecule has 2 saturated heterocycles. The molecule has 106 valence electrons. The molecule has 0 saturated carbocycles. The molecule has 0 aromatic heterocycles. The Labute approximate surface area is 123 Å². The Morgan fingerprint density at radius 1 is 1.21 bits per heavy atom. The van der Waals surface area contributed by atoms with E-state index in [2.05, 4.69) is 42.3 Å². The van der Waals surface area contributed by atoms with Gasteiger partial charge in [0.05, 0.1) is 0 Å². The lowest BCUT2D eigenvalue weighted by atomic mass is 9.86. The SMILES string of the molecule is Cc1ccc(CN2CCC3(CCNC3)C2)cc1C.Cl. The number of aryl methyl sites for hydroxylation is 2. The predicted molar refractivity (Wildman–Crippen MR) is 83.0 cm³/mol. The second kappa shape index (κ2) is 5.82. The van der Waals surface area contributed by atoms with Crippen LogP contribution in [-0.4, -0.2) is 31.1 Å². The van der Waals surface area contributed by atoms with Crippen LogP contribution in [0.3, 0.4) is 0 Å². The molecular formula is C16H25ClN2. The van der Waals surface area contributed by atoms with Crippen molar-refractivity contribution < 1.29 is 0 Å². The summed E-state index contributed by atoms with van der Waals surface area (Å²) in [6.45, 7) is 10.5. The quantitative estimate of drug-likeness (QED) is 0.896. The average molecular weight is 281 g/mol. The van der Waals surface area contributed by atoms with Gasteiger partial charge in [-0.05, 0) is 61.9 Å². The van der Waals surface area contributed by atoms with Gasteiger partial charge >= 0.3 is 0 Å². The number of halogens is 1. The van der Waals surface area contributed by atoms with Crippen LogP contribution in [-0.2, 0) is 6.54 Å². The van der Waals surface area contributed by atoms with Crippen LogP contribution >= 0.6 is 12.4 Å². The van der Waals surface area contributed by atoms with Crippen LogP contribution in [0.15, 0.2) is 18.2 Å². The maximum atomic E-state index is 3.53. The third-order valence-corrected chi connectivity index (χ3v) is 4.83. The summed E-state index contributed by atoms with van der Waals surface area (Å²) in [5, 5.41) is 3.53. The molecule has 1 N–H and O–H groups in total. The van der Waals surface area contributed by atoms with Crippen molar-refractivity contribution >= 4 is 12.4 Å². The number of hydrogen-bond donors (Lipinski definition) is 1. The van der Waals surface area contributed by atoms with E-state index in [0.717, 1.165) is 6.54 Å². The Kier molecular flexibility index (Phi) is 4.54. The second-order valence-corrected chi connectivity index (χ2v) is 6.31. The second-order valence-electron chi connectivity index (χ2n) is 6.31. The zero-order valence-electron chi connectivity index (χ0n) is 12.0. The lowest BCUT2D eigenvalue weighted by molar-refractivity contribution is 0.268. The zero-order valence-corrected chi connectivity index (χ0v) is 12.9. The van der Waals surface area contributed by atoms with E-state index in [1.165, 1.54) is 55.7 Å². The highest BCUT2D eigenvalue weighted by atomic mass is 35.5. The molecule has 1 aromatic rings. The molecule has 1 spiro atoms. The summed E-state index contributed by atoms with van der Waals surface area (Å²) >= 11 is 0. The molecular weight excluding hydrogens is 256 g/mol. The number of nitrogens with one attached hydrogen (secondary N) is 1. The maximum absolute atomic E-state index is 3.53. The van der Waals surface area contributed by atoms with E-state index in [4.69, 9.17) is 0 Å². The zero-order chi connectivity index (χ0) is 12.6. The molecule has 2 aliphatic rings. The standard InChI is InChI=1S/C16H24N2.ClH/c1-13-3-4-15(9-14(13)2)10-18-8-6-16(12-18)5-7-17-11-16;/h3-4,9,17H,5-8,10-12H2,1-2H3;1H. The summed E-state index contributed by atoms with van der Waals surface area (Å²) in [5.74, 6) is 0. The van der Waals surface area contributed by atoms with Gasteiger partial charge in [-0.1, -0.05) is 18.2 Å². The first-order valence-electron chi connectivity index (χ1n) is 7.16. The molecule has 3 rings (SSSR count). The van der Waals surface area contributed by atoms with Crippen molar-refractivity contribution in [1.29, 1.82) is 0 Å². The number of rotatable bonds is 2. The van der Waals surface area contributed by atoms with Crippen LogP contribution in [0.5, 0.6) is 0 Å². The van der Waals surface area contributed by atoms with E-state index in [9.17, 15) is 0 Å². The molecule has 3 heteroatoms. The van der Waals surface area contributed by atoms with Crippen molar-refractivity contribution in [2.75, 3.05) is 26.2 Å². The molecule has 2 aliphatic heterocycles. The molecule has 1 atom stereocenters. The topological polar surface area (TPSA) is 15.3 Å². The van der Waals surface area contributed by atoms with Crippen LogP contribution in [0.1, 0.15) is 29.5 Å². The fourth-order valence-electron chi connectivity index (χ4n) is 3.47. The van der Waals surface area contributed by atoms with Gasteiger partial charge in [-0.2, -0.15) is 0 Å². The Morgan fingerprint density at radius 3 is 2.74 bits per heavy atom. The van der Waals surface area contributed by atoms with Crippen molar-refractivity contribution in [2.45, 2.75) is 33.2 Å². The van der Waals surface area contributed by atoms with Crippen molar-refractivity contribution in [3.8, 4) is 0 Å². The van der Waals surface area contributed by atoms with Gasteiger partial charge in [0.2, 0.25) is 0 Å². The van der Waals surface area contributed by atoms with Gasteiger partial charge in [-0.15, -0.1) is 12.4 Å². The van der Waals surface area contributed by atoms with Crippen LogP contribution in [0.2, 0.25) is 0 Å². The fraction of sp³-hybridized carbons (Fsp3) is 0.625. The van der Waals surface area contributed by atoms with Gasteiger partial charge in [-0.3, -0.25) is 4.90 Å². The van der Waals surface area contributed by atoms with Crippen LogP contribution in [0, 0.1) is 19.3 Å². The predicted octanol–water partition coefficient (Wildman–Crippen LogP) is 2.91. The molecule has 0 amide bonds. The summed E-state index contributed by atoms with van der Waals surface area (Å²) < 4.78 is 0. The molecule has 2 heterocycles. The van der Waals surface area contributed by atoms with Crippen molar-refractivity contribution in [3.63, 3.8) is 0 Å². The largest absolute Gasteiger partial charge is 0.316 e. The highest BCUT2D eigenvalue weighted by molar-refractivity contribution is 5.85. The third-order valence-electron chi connectivity index (χ3n) is 4.83. The third kappa shape index (κ3) is 3.13. The van der Waals surface area contributed by atoms with E-state index in [0.29, 0.717) is 5.41 Å². The summed E-state index contributed by atoms with van der Waals surface area (Å²) in [4.78, 5) is 2.64. The minimum absolute atomic E-state index is 0. The molecule has 1 unspecified atom stereocenters. The monoisotopic (exact) mass is 280 g/mol. The van der Waals surface area contributed by atoms with Gasteiger partial charge in [-0.25, -0.2) is 0 Å². The summed E-state index contributed by atoms with van der Waals surface area (Å²) in [7, 11) is 0. The van der Waals surface area contributed by atoms with Gasteiger partial charge < -0.3 is 5.32 Å². The molecule has 1 aromatic carbocycles. The maximum Gasteiger partial charge on any atom is 0.0234 e. The summed E-state index contributed by atoms with van der Waals surface area (Å²) in [6.07, 6.45) is 2.75. The van der Waals surface area contributed by atoms with E-state index in [1.807, 2.05) is 0 Å². The Morgan fingerprint density at radius 2 is 2.05 bits per heavy atom. The number of hydrogen-bond acceptors (Lipinski definition) is 2. The lowest BCUT2D eigenvalue weighted by Gasteiger charge is -2.23. The van der Waals surface area contributed by atoms with Gasteiger partial charge in [0, 0.05) is 19.6 Å². The lowest BCUT2D eigenvalue weighted by Crippen LogP contribution is -2.28. The summed E-state index contributed by atoms with van der Waals surface area (Å²) in [6, 6.07) is 6.90. The molecule has 2 nitrogen and oxygen atoms in total. The highest BCUT2D eigenvalue weighted by Crippen LogP contribution is 2.36. The van der Waals surface area contributed by atoms with Crippen LogP contribution in [0.25, 0.3) is 0 Å². The van der Waals surface area contributed by atoms with E-state index in [-0.39, 0.29) is 12.4 Å². The molecule has 0 radical (unpaired) electrons. The average Bonchev–Trinajstić information content (AvgIpc) is 2.96. The molecule has 0 bridgehead atoms. The number of likely N-dealkylation sites (tertiary alicyclic amines) is 1. The molecule has 2 fully saturated rings. The van der Waals surface area contributed by atoms with Crippen molar-refractivity contribution in [3.05, 3.63) is 34.9 Å². The van der Waals surface area contributed by atoms with Gasteiger partial charge in [0.1, 0.15) is 0 Å². The molecule has 0 aliphatic carbocycles. The minimum Gasteiger partial charge on any atom is -0.316 e. The van der Waals surface area contributed by atoms with E-state index < -0.39 is 0 Å². The van der Waals surface area contributed by atoms with Crippen LogP contribution in [0.4, 0.5) is 0 Å². The van der Waals surface area contributed by atoms with Gasteiger partial charge in [0.25, 0.3) is 0 Å². The minimum atomic E-state index is 0. The van der Waals surface area contributed by atoms with Crippen molar-refractivity contribution in [2.24, 2.45) is 5.41 Å². The summed E-state index contributed by atoms with van der Waals surface area (Å²) in [5.41, 5.74) is 4.89. The Balaban J connectivity index is 0.00000133. The molecule has 19 heavy (non-hydrogen) atoms. The number of benzene rings is 1. The Hall–Kier alpha value is -0.570. The first-order valence-corrected chi connectivity index (χ1v) is 7.16. The number of nitrogens with zero attached hydrogens (tertiary/aromatic N) is 1. The highest BCUT2D eigenvalue weighted by Gasteiger charge is 2.39.